The summed E-state index contributed by atoms with van der Waals surface area (Å²) in [6, 6.07) is 17.3. The quantitative estimate of drug-likeness (QED) is 0.846. The molecule has 0 aliphatic rings. The number of hydrogen-bond donors (Lipinski definition) is 2. The molecule has 2 aromatic carbocycles. The second kappa shape index (κ2) is 7.70. The van der Waals surface area contributed by atoms with Crippen LogP contribution in [0.5, 0.6) is 0 Å². The fourth-order valence-corrected chi connectivity index (χ4v) is 2.39. The van der Waals surface area contributed by atoms with Crippen molar-refractivity contribution in [2.75, 3.05) is 11.9 Å². The van der Waals surface area contributed by atoms with Crippen LogP contribution in [0.1, 0.15) is 24.9 Å². The Bertz CT molecular complexity index is 586. The smallest absolute Gasteiger partial charge is 0.222 e. The minimum Gasteiger partial charge on any atom is -0.385 e. The minimum absolute atomic E-state index is 0.00542. The number of carbonyl (C=O) groups excluding carboxylic acids is 1. The van der Waals surface area contributed by atoms with E-state index < -0.39 is 0 Å². The van der Waals surface area contributed by atoms with E-state index in [2.05, 4.69) is 10.6 Å². The first-order valence-corrected chi connectivity index (χ1v) is 7.37. The van der Waals surface area contributed by atoms with Crippen LogP contribution in [0.2, 0.25) is 5.02 Å². The lowest BCUT2D eigenvalue weighted by Gasteiger charge is -2.16. The van der Waals surface area contributed by atoms with Crippen LogP contribution in [0, 0.1) is 0 Å². The molecule has 21 heavy (non-hydrogen) atoms. The fourth-order valence-electron chi connectivity index (χ4n) is 2.09. The molecule has 0 radical (unpaired) electrons. The van der Waals surface area contributed by atoms with Gasteiger partial charge in [0.15, 0.2) is 0 Å². The number of carbonyl (C=O) groups is 1. The van der Waals surface area contributed by atoms with Crippen molar-refractivity contribution in [3.8, 4) is 0 Å². The average molecular weight is 303 g/mol. The predicted molar refractivity (Wildman–Crippen MR) is 87.6 cm³/mol. The van der Waals surface area contributed by atoms with Gasteiger partial charge in [-0.1, -0.05) is 48.0 Å². The van der Waals surface area contributed by atoms with Gasteiger partial charge in [0.1, 0.15) is 0 Å². The zero-order valence-corrected chi connectivity index (χ0v) is 12.7. The summed E-state index contributed by atoms with van der Waals surface area (Å²) in [6.45, 7) is 2.54. The average Bonchev–Trinajstić information content (AvgIpc) is 2.48. The molecule has 1 atom stereocenters. The summed E-state index contributed by atoms with van der Waals surface area (Å²) in [7, 11) is 0. The molecule has 0 spiro atoms. The Kier molecular flexibility index (Phi) is 5.64. The van der Waals surface area contributed by atoms with Crippen LogP contribution in [-0.2, 0) is 4.79 Å². The molecule has 0 aliphatic carbocycles. The third-order valence-corrected chi connectivity index (χ3v) is 3.55. The highest BCUT2D eigenvalue weighted by molar-refractivity contribution is 6.31. The number of hydrogen-bond acceptors (Lipinski definition) is 2. The molecule has 0 heterocycles. The van der Waals surface area contributed by atoms with E-state index in [-0.39, 0.29) is 11.9 Å². The molecule has 0 aromatic heterocycles. The number of amides is 1. The zero-order valence-electron chi connectivity index (χ0n) is 12.0. The van der Waals surface area contributed by atoms with Crippen LogP contribution >= 0.6 is 11.6 Å². The van der Waals surface area contributed by atoms with Crippen molar-refractivity contribution in [2.45, 2.75) is 19.4 Å². The van der Waals surface area contributed by atoms with Crippen molar-refractivity contribution in [3.05, 3.63) is 65.2 Å². The summed E-state index contributed by atoms with van der Waals surface area (Å²) in [5.74, 6) is 0.00542. The molecule has 4 heteroatoms. The predicted octanol–water partition coefficient (Wildman–Crippen LogP) is 4.02. The van der Waals surface area contributed by atoms with Crippen LogP contribution in [-0.4, -0.2) is 12.5 Å². The van der Waals surface area contributed by atoms with Gasteiger partial charge < -0.3 is 10.6 Å². The van der Waals surface area contributed by atoms with Gasteiger partial charge in [0.25, 0.3) is 0 Å². The summed E-state index contributed by atoms with van der Waals surface area (Å²) >= 11 is 6.12. The van der Waals surface area contributed by atoms with E-state index in [4.69, 9.17) is 11.6 Å². The van der Waals surface area contributed by atoms with Gasteiger partial charge in [0, 0.05) is 23.7 Å². The molecule has 0 aliphatic heterocycles. The minimum atomic E-state index is -0.0945. The molecule has 1 amide bonds. The summed E-state index contributed by atoms with van der Waals surface area (Å²) in [4.78, 5) is 11.9. The highest BCUT2D eigenvalue weighted by atomic mass is 35.5. The first-order chi connectivity index (χ1) is 10.2. The molecular weight excluding hydrogens is 284 g/mol. The first kappa shape index (κ1) is 15.4. The van der Waals surface area contributed by atoms with Crippen molar-refractivity contribution >= 4 is 23.2 Å². The van der Waals surface area contributed by atoms with Gasteiger partial charge in [-0.3, -0.25) is 4.79 Å². The Balaban J connectivity index is 1.78. The second-order valence-electron chi connectivity index (χ2n) is 4.85. The van der Waals surface area contributed by atoms with Crippen LogP contribution < -0.4 is 10.6 Å². The van der Waals surface area contributed by atoms with Gasteiger partial charge in [-0.15, -0.1) is 0 Å². The Hall–Kier alpha value is -2.00. The molecule has 3 nitrogen and oxygen atoms in total. The summed E-state index contributed by atoms with van der Waals surface area (Å²) in [6.07, 6.45) is 0.420. The molecule has 0 bridgehead atoms. The van der Waals surface area contributed by atoms with Crippen LogP contribution in [0.3, 0.4) is 0 Å². The standard InChI is InChI=1S/C17H19ClN2O/c1-13(15-9-5-6-10-16(15)18)20-17(21)11-12-19-14-7-3-2-4-8-14/h2-10,13,19H,11-12H2,1H3,(H,20,21). The van der Waals surface area contributed by atoms with E-state index in [0.29, 0.717) is 18.0 Å². The number of para-hydroxylation sites is 1. The Labute approximate surface area is 130 Å². The molecule has 1 unspecified atom stereocenters. The van der Waals surface area contributed by atoms with Crippen molar-refractivity contribution in [2.24, 2.45) is 0 Å². The molecule has 2 N–H and O–H groups in total. The van der Waals surface area contributed by atoms with Gasteiger partial charge in [0.2, 0.25) is 5.91 Å². The number of rotatable bonds is 6. The normalized spacial score (nSPS) is 11.7. The third-order valence-electron chi connectivity index (χ3n) is 3.20. The van der Waals surface area contributed by atoms with E-state index >= 15 is 0 Å². The Morgan fingerprint density at radius 3 is 2.48 bits per heavy atom. The van der Waals surface area contributed by atoms with E-state index in [1.807, 2.05) is 61.5 Å². The maximum atomic E-state index is 11.9. The maximum Gasteiger partial charge on any atom is 0.222 e. The van der Waals surface area contributed by atoms with Gasteiger partial charge in [-0.25, -0.2) is 0 Å². The van der Waals surface area contributed by atoms with Crippen molar-refractivity contribution in [1.82, 2.24) is 5.32 Å². The lowest BCUT2D eigenvalue weighted by molar-refractivity contribution is -0.121. The molecule has 110 valence electrons. The SMILES string of the molecule is CC(NC(=O)CCNc1ccccc1)c1ccccc1Cl. The number of benzene rings is 2. The Morgan fingerprint density at radius 1 is 1.10 bits per heavy atom. The maximum absolute atomic E-state index is 11.9. The second-order valence-corrected chi connectivity index (χ2v) is 5.26. The van der Waals surface area contributed by atoms with Gasteiger partial charge >= 0.3 is 0 Å². The monoisotopic (exact) mass is 302 g/mol. The molecular formula is C17H19ClN2O. The highest BCUT2D eigenvalue weighted by Crippen LogP contribution is 2.22. The van der Waals surface area contributed by atoms with Crippen molar-refractivity contribution in [1.29, 1.82) is 0 Å². The van der Waals surface area contributed by atoms with Crippen LogP contribution in [0.4, 0.5) is 5.69 Å². The first-order valence-electron chi connectivity index (χ1n) is 6.99. The zero-order chi connectivity index (χ0) is 15.1. The molecule has 0 saturated heterocycles. The lowest BCUT2D eigenvalue weighted by Crippen LogP contribution is -2.28. The van der Waals surface area contributed by atoms with Crippen molar-refractivity contribution < 1.29 is 4.79 Å². The highest BCUT2D eigenvalue weighted by Gasteiger charge is 2.11. The van der Waals surface area contributed by atoms with Gasteiger partial charge in [-0.05, 0) is 30.7 Å². The van der Waals surface area contributed by atoms with Crippen molar-refractivity contribution in [3.63, 3.8) is 0 Å². The van der Waals surface area contributed by atoms with Crippen LogP contribution in [0.15, 0.2) is 54.6 Å². The number of anilines is 1. The molecule has 2 rings (SSSR count). The molecule has 2 aromatic rings. The van der Waals surface area contributed by atoms with E-state index in [0.717, 1.165) is 11.3 Å². The van der Waals surface area contributed by atoms with Gasteiger partial charge in [-0.2, -0.15) is 0 Å². The Morgan fingerprint density at radius 2 is 1.76 bits per heavy atom. The summed E-state index contributed by atoms with van der Waals surface area (Å²) < 4.78 is 0. The third kappa shape index (κ3) is 4.80. The van der Waals surface area contributed by atoms with E-state index in [9.17, 15) is 4.79 Å². The van der Waals surface area contributed by atoms with Gasteiger partial charge in [0.05, 0.1) is 6.04 Å². The molecule has 0 fully saturated rings. The summed E-state index contributed by atoms with van der Waals surface area (Å²) in [5.41, 5.74) is 1.95. The molecule has 0 saturated carbocycles. The van der Waals surface area contributed by atoms with E-state index in [1.54, 1.807) is 0 Å². The lowest BCUT2D eigenvalue weighted by atomic mass is 10.1. The number of nitrogens with one attached hydrogen (secondary N) is 2. The topological polar surface area (TPSA) is 41.1 Å². The fraction of sp³-hybridized carbons (Fsp3) is 0.235. The van der Waals surface area contributed by atoms with E-state index in [1.165, 1.54) is 0 Å². The summed E-state index contributed by atoms with van der Waals surface area (Å²) in [5, 5.41) is 6.85. The largest absolute Gasteiger partial charge is 0.385 e. The number of halogens is 1. The van der Waals surface area contributed by atoms with Crippen LogP contribution in [0.25, 0.3) is 0 Å².